The minimum absolute atomic E-state index is 0.0148. The number of allylic oxidation sites excluding steroid dienone is 1. The smallest absolute Gasteiger partial charge is 0.308 e. The SMILES string of the molecule is COC1c2coc(n2)-c2coc(n2)-c2coc(n2)/C=C/C[C@H](OC)[C@@H](C)[C@H](C[C@H](OC)[C@@H](C)CCC(=O)[C@H](C)[C@H](OC)[C@H](C)/C=C/N(C)C=O)OC(=O)C[C@@H](O)C/C=C/C(=O)[C@@H]1C. The Bertz CT molecular complexity index is 2000. The number of carbonyl (C=O) groups is 4. The molecule has 3 aromatic heterocycles. The number of aromatic nitrogens is 3. The first-order valence-corrected chi connectivity index (χ1v) is 21.2. The summed E-state index contributed by atoms with van der Waals surface area (Å²) in [5.74, 6) is -1.99. The molecule has 4 rings (SSSR count). The first-order valence-electron chi connectivity index (χ1n) is 21.2. The molecule has 63 heavy (non-hydrogen) atoms. The molecule has 0 saturated heterocycles. The highest BCUT2D eigenvalue weighted by Crippen LogP contribution is 2.32. The molecule has 1 N–H and O–H groups in total. The summed E-state index contributed by atoms with van der Waals surface area (Å²) < 4.78 is 46.4. The van der Waals surface area contributed by atoms with Crippen LogP contribution in [-0.4, -0.2) is 115 Å². The van der Waals surface area contributed by atoms with E-state index in [1.165, 1.54) is 43.0 Å². The number of hydrogen-bond donors (Lipinski definition) is 1. The molecule has 1 unspecified atom stereocenters. The maximum atomic E-state index is 13.5. The minimum atomic E-state index is -1.14. The fraction of sp³-hybridized carbons (Fsp3) is 0.587. The zero-order chi connectivity index (χ0) is 46.2. The third kappa shape index (κ3) is 14.2. The zero-order valence-corrected chi connectivity index (χ0v) is 38.0. The van der Waals surface area contributed by atoms with Crippen molar-refractivity contribution in [2.75, 3.05) is 35.5 Å². The van der Waals surface area contributed by atoms with Crippen LogP contribution in [-0.2, 0) is 42.9 Å². The second-order valence-corrected chi connectivity index (χ2v) is 16.3. The molecule has 0 spiro atoms. The van der Waals surface area contributed by atoms with Crippen LogP contribution in [0.3, 0.4) is 0 Å². The number of methoxy groups -OCH3 is 4. The topological polar surface area (TPSA) is 216 Å². The number of oxazole rings is 3. The lowest BCUT2D eigenvalue weighted by atomic mass is 9.84. The monoisotopic (exact) mass is 880 g/mol. The predicted octanol–water partition coefficient (Wildman–Crippen LogP) is 6.83. The molecular weight excluding hydrogens is 817 g/mol. The van der Waals surface area contributed by atoms with Crippen LogP contribution in [0.25, 0.3) is 29.2 Å². The molecule has 1 amide bonds. The highest BCUT2D eigenvalue weighted by molar-refractivity contribution is 5.92. The first-order chi connectivity index (χ1) is 30.1. The van der Waals surface area contributed by atoms with E-state index in [2.05, 4.69) is 15.0 Å². The molecule has 0 fully saturated rings. The Morgan fingerprint density at radius 3 is 2.29 bits per heavy atom. The molecule has 17 heteroatoms. The minimum Gasteiger partial charge on any atom is -0.462 e. The molecule has 346 valence electrons. The van der Waals surface area contributed by atoms with E-state index in [1.54, 1.807) is 47.6 Å². The van der Waals surface area contributed by atoms with Crippen molar-refractivity contribution in [3.05, 3.63) is 60.9 Å². The Balaban J connectivity index is 1.54. The van der Waals surface area contributed by atoms with Crippen molar-refractivity contribution in [2.45, 2.75) is 110 Å². The van der Waals surface area contributed by atoms with E-state index >= 15 is 0 Å². The molecule has 6 bridgehead atoms. The van der Waals surface area contributed by atoms with Gasteiger partial charge in [0.15, 0.2) is 17.2 Å². The number of aliphatic hydroxyl groups is 1. The van der Waals surface area contributed by atoms with Gasteiger partial charge < -0.3 is 46.9 Å². The van der Waals surface area contributed by atoms with Gasteiger partial charge in [-0.3, -0.25) is 19.2 Å². The maximum absolute atomic E-state index is 13.5. The Hall–Kier alpha value is -5.07. The number of carbonyl (C=O) groups excluding carboxylic acids is 4. The van der Waals surface area contributed by atoms with E-state index in [-0.39, 0.29) is 72.7 Å². The van der Waals surface area contributed by atoms with E-state index in [0.29, 0.717) is 36.3 Å². The molecule has 0 saturated carbocycles. The zero-order valence-electron chi connectivity index (χ0n) is 38.0. The molecule has 0 radical (unpaired) electrons. The summed E-state index contributed by atoms with van der Waals surface area (Å²) in [6.07, 6.45) is 12.0. The second kappa shape index (κ2) is 24.7. The number of cyclic esters (lactones) is 1. The van der Waals surface area contributed by atoms with Crippen molar-refractivity contribution in [3.63, 3.8) is 0 Å². The summed E-state index contributed by atoms with van der Waals surface area (Å²) in [5, 5.41) is 10.9. The van der Waals surface area contributed by atoms with E-state index in [1.807, 2.05) is 39.8 Å². The molecular formula is C46H64N4O13. The molecule has 1 aliphatic rings. The number of nitrogens with zero attached hydrogens (tertiary/aromatic N) is 4. The van der Waals surface area contributed by atoms with E-state index < -0.39 is 54.4 Å². The molecule has 1 aliphatic heterocycles. The molecule has 4 heterocycles. The lowest BCUT2D eigenvalue weighted by molar-refractivity contribution is -0.159. The van der Waals surface area contributed by atoms with Gasteiger partial charge in [0.25, 0.3) is 0 Å². The normalized spacial score (nSPS) is 25.2. The highest BCUT2D eigenvalue weighted by Gasteiger charge is 2.34. The largest absolute Gasteiger partial charge is 0.462 e. The number of hydrogen-bond acceptors (Lipinski definition) is 16. The molecule has 11 atom stereocenters. The third-order valence-electron chi connectivity index (χ3n) is 11.7. The number of esters is 1. The number of rotatable bonds is 16. The second-order valence-electron chi connectivity index (χ2n) is 16.3. The van der Waals surface area contributed by atoms with Gasteiger partial charge in [-0.2, -0.15) is 0 Å². The Kier molecular flexibility index (Phi) is 19.8. The van der Waals surface area contributed by atoms with Gasteiger partial charge in [0, 0.05) is 72.3 Å². The lowest BCUT2D eigenvalue weighted by Gasteiger charge is -2.33. The van der Waals surface area contributed by atoms with E-state index in [0.717, 1.165) is 0 Å². The Morgan fingerprint density at radius 2 is 1.60 bits per heavy atom. The third-order valence-corrected chi connectivity index (χ3v) is 11.7. The number of ether oxygens (including phenoxy) is 5. The standard InChI is InChI=1S/C46H64N4O13/c1-27(17-18-37(54)29(3)43(58-9)28(2)19-20-50(6)26-51)39(57-8)22-40-31(5)38(56-7)15-12-16-41-47-34(24-60-41)45-49-35(25-62-45)46-48-33(23-61-46)44(59-10)30(4)36(53)14-11-13-32(52)21-42(55)63-40/h11-12,14,16,19-20,23-32,38-40,43-44,52H,13,15,17-18,21-22H2,1-10H3/b14-11+,16-12+,20-19+/t27-,28+,29-,30-,31+,32-,38-,39-,40-,43+,44?/m0/s1. The highest BCUT2D eigenvalue weighted by atomic mass is 16.6. The van der Waals surface area contributed by atoms with Gasteiger partial charge in [-0.15, -0.1) is 0 Å². The van der Waals surface area contributed by atoms with Gasteiger partial charge in [-0.05, 0) is 37.3 Å². The lowest BCUT2D eigenvalue weighted by Crippen LogP contribution is -2.39. The van der Waals surface area contributed by atoms with Crippen molar-refractivity contribution in [3.8, 4) is 23.2 Å². The van der Waals surface area contributed by atoms with E-state index in [9.17, 15) is 24.3 Å². The summed E-state index contributed by atoms with van der Waals surface area (Å²) >= 11 is 0. The van der Waals surface area contributed by atoms with Crippen molar-refractivity contribution in [1.29, 1.82) is 0 Å². The van der Waals surface area contributed by atoms with Gasteiger partial charge in [0.1, 0.15) is 42.5 Å². The van der Waals surface area contributed by atoms with Crippen LogP contribution in [0.2, 0.25) is 0 Å². The molecule has 0 aliphatic carbocycles. The van der Waals surface area contributed by atoms with Crippen LogP contribution in [0.5, 0.6) is 0 Å². The average molecular weight is 881 g/mol. The Labute approximate surface area is 369 Å². The quantitative estimate of drug-likeness (QED) is 0.115. The summed E-state index contributed by atoms with van der Waals surface area (Å²) in [4.78, 5) is 66.1. The summed E-state index contributed by atoms with van der Waals surface area (Å²) in [5.41, 5.74) is 1.01. The number of ketones is 2. The van der Waals surface area contributed by atoms with Crippen molar-refractivity contribution in [1.82, 2.24) is 19.9 Å². The summed E-state index contributed by atoms with van der Waals surface area (Å²) in [6, 6.07) is 0. The van der Waals surface area contributed by atoms with Crippen LogP contribution >= 0.6 is 0 Å². The maximum Gasteiger partial charge on any atom is 0.308 e. The van der Waals surface area contributed by atoms with Crippen LogP contribution in [0, 0.1) is 29.6 Å². The molecule has 3 aromatic rings. The van der Waals surface area contributed by atoms with Gasteiger partial charge in [-0.1, -0.05) is 52.8 Å². The van der Waals surface area contributed by atoms with E-state index in [4.69, 9.17) is 36.9 Å². The van der Waals surface area contributed by atoms with Crippen molar-refractivity contribution in [2.24, 2.45) is 29.6 Å². The Morgan fingerprint density at radius 1 is 0.921 bits per heavy atom. The molecule has 17 nitrogen and oxygen atoms in total. The number of amides is 1. The van der Waals surface area contributed by atoms with Gasteiger partial charge in [0.2, 0.25) is 24.1 Å². The van der Waals surface area contributed by atoms with Crippen molar-refractivity contribution < 1.29 is 61.2 Å². The van der Waals surface area contributed by atoms with Crippen LogP contribution in [0.4, 0.5) is 0 Å². The van der Waals surface area contributed by atoms with Crippen LogP contribution in [0.1, 0.15) is 90.8 Å². The predicted molar refractivity (Wildman–Crippen MR) is 230 cm³/mol. The number of Topliss-reactive ketones (excluding diaryl/α,β-unsaturated/α-hetero) is 1. The summed E-state index contributed by atoms with van der Waals surface area (Å²) in [7, 11) is 7.82. The van der Waals surface area contributed by atoms with Crippen molar-refractivity contribution >= 4 is 30.0 Å². The number of aliphatic hydroxyl groups excluding tert-OH is 1. The van der Waals surface area contributed by atoms with Crippen LogP contribution in [0.15, 0.2) is 62.5 Å². The van der Waals surface area contributed by atoms with Gasteiger partial charge in [-0.25, -0.2) is 15.0 Å². The average Bonchev–Trinajstić information content (AvgIpc) is 4.07. The summed E-state index contributed by atoms with van der Waals surface area (Å²) in [6.45, 7) is 9.38. The fourth-order valence-electron chi connectivity index (χ4n) is 7.69. The molecule has 0 aromatic carbocycles. The van der Waals surface area contributed by atoms with Gasteiger partial charge >= 0.3 is 5.97 Å². The van der Waals surface area contributed by atoms with Gasteiger partial charge in [0.05, 0.1) is 36.8 Å². The fourth-order valence-corrected chi connectivity index (χ4v) is 7.69. The number of fused-ring (bicyclic) bond motifs is 8. The first kappa shape index (κ1) is 50.6. The van der Waals surface area contributed by atoms with Crippen LogP contribution < -0.4 is 0 Å².